The molecule has 0 fully saturated rings. The van der Waals surface area contributed by atoms with Gasteiger partial charge in [-0.25, -0.2) is 0 Å². The molecule has 2 aromatic heterocycles. The summed E-state index contributed by atoms with van der Waals surface area (Å²) in [4.78, 5) is 3.08. The van der Waals surface area contributed by atoms with Crippen molar-refractivity contribution >= 4 is 54.5 Å². The molecule has 0 unspecified atom stereocenters. The molecule has 0 saturated heterocycles. The summed E-state index contributed by atoms with van der Waals surface area (Å²) in [6.07, 6.45) is 19.2. The van der Waals surface area contributed by atoms with Crippen molar-refractivity contribution in [3.63, 3.8) is 0 Å². The standard InChI is InChI=1S/C25H36Br2S2/c1-3-5-7-9-11-13-15-25(16-14-12-10-8-6-4-2)19-17-21(26)28-23(19)24-20(25)18-22(27)29-24/h17-18H,3-16H2,1-2H3. The van der Waals surface area contributed by atoms with Gasteiger partial charge >= 0.3 is 0 Å². The van der Waals surface area contributed by atoms with E-state index in [1.54, 1.807) is 20.9 Å². The summed E-state index contributed by atoms with van der Waals surface area (Å²) >= 11 is 11.5. The summed E-state index contributed by atoms with van der Waals surface area (Å²) in [5.74, 6) is 0. The van der Waals surface area contributed by atoms with Crippen LogP contribution in [0.4, 0.5) is 0 Å². The Kier molecular flexibility index (Phi) is 9.80. The third kappa shape index (κ3) is 5.79. The highest BCUT2D eigenvalue weighted by Crippen LogP contribution is 2.60. The van der Waals surface area contributed by atoms with Crippen molar-refractivity contribution in [2.24, 2.45) is 0 Å². The van der Waals surface area contributed by atoms with Gasteiger partial charge in [0.15, 0.2) is 0 Å². The highest BCUT2D eigenvalue weighted by atomic mass is 79.9. The largest absolute Gasteiger partial charge is 0.127 e. The van der Waals surface area contributed by atoms with Gasteiger partial charge in [-0.1, -0.05) is 90.9 Å². The van der Waals surface area contributed by atoms with Crippen LogP contribution in [0.3, 0.4) is 0 Å². The molecule has 0 spiro atoms. The fourth-order valence-electron chi connectivity index (χ4n) is 4.99. The van der Waals surface area contributed by atoms with Gasteiger partial charge in [-0.2, -0.15) is 0 Å². The molecule has 0 nitrogen and oxygen atoms in total. The first kappa shape index (κ1) is 24.0. The van der Waals surface area contributed by atoms with E-state index in [4.69, 9.17) is 0 Å². The first-order valence-corrected chi connectivity index (χ1v) is 14.9. The molecule has 1 aliphatic rings. The number of thiophene rings is 2. The van der Waals surface area contributed by atoms with Crippen molar-refractivity contribution < 1.29 is 0 Å². The molecule has 0 bridgehead atoms. The third-order valence-electron chi connectivity index (χ3n) is 6.56. The molecule has 2 heterocycles. The third-order valence-corrected chi connectivity index (χ3v) is 10.00. The minimum Gasteiger partial charge on any atom is -0.127 e. The molecule has 2 aromatic rings. The number of fused-ring (bicyclic) bond motifs is 3. The zero-order chi connectivity index (χ0) is 20.7. The average molecular weight is 561 g/mol. The molecular weight excluding hydrogens is 524 g/mol. The number of hydrogen-bond acceptors (Lipinski definition) is 2. The van der Waals surface area contributed by atoms with Gasteiger partial charge in [0.05, 0.1) is 7.57 Å². The van der Waals surface area contributed by atoms with Gasteiger partial charge in [0.1, 0.15) is 0 Å². The SMILES string of the molecule is CCCCCCCCC1(CCCCCCCC)c2cc(Br)sc2-c2sc(Br)cc21. The van der Waals surface area contributed by atoms with Crippen LogP contribution in [0, 0.1) is 0 Å². The van der Waals surface area contributed by atoms with E-state index >= 15 is 0 Å². The maximum Gasteiger partial charge on any atom is 0.0708 e. The molecule has 0 atom stereocenters. The number of hydrogen-bond donors (Lipinski definition) is 0. The van der Waals surface area contributed by atoms with Crippen molar-refractivity contribution in [3.05, 3.63) is 30.8 Å². The Morgan fingerprint density at radius 1 is 0.621 bits per heavy atom. The Morgan fingerprint density at radius 2 is 1.00 bits per heavy atom. The molecule has 0 radical (unpaired) electrons. The lowest BCUT2D eigenvalue weighted by Gasteiger charge is -2.31. The van der Waals surface area contributed by atoms with Crippen LogP contribution >= 0.6 is 54.5 Å². The second-order valence-corrected chi connectivity index (χ2v) is 13.6. The molecule has 0 aromatic carbocycles. The van der Waals surface area contributed by atoms with Crippen molar-refractivity contribution in [2.45, 2.75) is 109 Å². The minimum absolute atomic E-state index is 0.255. The van der Waals surface area contributed by atoms with Crippen LogP contribution in [0.1, 0.15) is 115 Å². The zero-order valence-electron chi connectivity index (χ0n) is 18.1. The van der Waals surface area contributed by atoms with Crippen LogP contribution in [-0.4, -0.2) is 0 Å². The summed E-state index contributed by atoms with van der Waals surface area (Å²) in [6.45, 7) is 4.61. The lowest BCUT2D eigenvalue weighted by molar-refractivity contribution is 0.398. The van der Waals surface area contributed by atoms with Gasteiger partial charge in [0, 0.05) is 15.2 Å². The van der Waals surface area contributed by atoms with Crippen molar-refractivity contribution in [1.29, 1.82) is 0 Å². The van der Waals surface area contributed by atoms with Gasteiger partial charge in [0.25, 0.3) is 0 Å². The molecular formula is C25H36Br2S2. The van der Waals surface area contributed by atoms with Gasteiger partial charge in [-0.3, -0.25) is 0 Å². The Labute approximate surface area is 203 Å². The van der Waals surface area contributed by atoms with Gasteiger partial charge in [0.2, 0.25) is 0 Å². The first-order valence-electron chi connectivity index (χ1n) is 11.7. The Morgan fingerprint density at radius 3 is 1.41 bits per heavy atom. The van der Waals surface area contributed by atoms with Gasteiger partial charge in [-0.15, -0.1) is 22.7 Å². The smallest absolute Gasteiger partial charge is 0.0708 e. The van der Waals surface area contributed by atoms with E-state index in [2.05, 4.69) is 57.8 Å². The average Bonchev–Trinajstić information content (AvgIpc) is 3.33. The van der Waals surface area contributed by atoms with E-state index < -0.39 is 0 Å². The van der Waals surface area contributed by atoms with Crippen LogP contribution in [0.15, 0.2) is 19.7 Å². The van der Waals surface area contributed by atoms with Crippen molar-refractivity contribution in [1.82, 2.24) is 0 Å². The van der Waals surface area contributed by atoms with E-state index in [9.17, 15) is 0 Å². The Hall–Kier alpha value is 0.360. The van der Waals surface area contributed by atoms with Crippen molar-refractivity contribution in [3.8, 4) is 9.75 Å². The lowest BCUT2D eigenvalue weighted by Crippen LogP contribution is -2.24. The molecule has 29 heavy (non-hydrogen) atoms. The highest BCUT2D eigenvalue weighted by Gasteiger charge is 2.45. The summed E-state index contributed by atoms with van der Waals surface area (Å²) in [5, 5.41) is 0. The van der Waals surface area contributed by atoms with Crippen LogP contribution in [-0.2, 0) is 5.41 Å². The fraction of sp³-hybridized carbons (Fsp3) is 0.680. The molecule has 0 N–H and O–H groups in total. The molecule has 0 aliphatic heterocycles. The Bertz CT molecular complexity index is 695. The topological polar surface area (TPSA) is 0 Å². The predicted molar refractivity (Wildman–Crippen MR) is 140 cm³/mol. The quantitative estimate of drug-likeness (QED) is 0.202. The molecule has 162 valence electrons. The van der Waals surface area contributed by atoms with Crippen LogP contribution in [0.5, 0.6) is 0 Å². The number of rotatable bonds is 14. The summed E-state index contributed by atoms with van der Waals surface area (Å²) in [5.41, 5.74) is 3.51. The minimum atomic E-state index is 0.255. The first-order chi connectivity index (χ1) is 14.1. The maximum absolute atomic E-state index is 3.80. The highest BCUT2D eigenvalue weighted by molar-refractivity contribution is 9.11. The van der Waals surface area contributed by atoms with Gasteiger partial charge < -0.3 is 0 Å². The summed E-state index contributed by atoms with van der Waals surface area (Å²) < 4.78 is 2.60. The van der Waals surface area contributed by atoms with E-state index in [1.807, 2.05) is 22.7 Å². The maximum atomic E-state index is 3.80. The van der Waals surface area contributed by atoms with Gasteiger partial charge in [-0.05, 0) is 68.0 Å². The molecule has 3 rings (SSSR count). The molecule has 0 amide bonds. The van der Waals surface area contributed by atoms with Crippen molar-refractivity contribution in [2.75, 3.05) is 0 Å². The zero-order valence-corrected chi connectivity index (χ0v) is 22.9. The van der Waals surface area contributed by atoms with E-state index in [1.165, 1.54) is 97.5 Å². The van der Waals surface area contributed by atoms with Crippen LogP contribution in [0.2, 0.25) is 0 Å². The number of halogens is 2. The van der Waals surface area contributed by atoms with Crippen LogP contribution < -0.4 is 0 Å². The summed E-state index contributed by atoms with van der Waals surface area (Å²) in [7, 11) is 0. The normalized spacial score (nSPS) is 14.3. The second kappa shape index (κ2) is 11.8. The molecule has 4 heteroatoms. The fourth-order valence-corrected chi connectivity index (χ4v) is 8.55. The number of unbranched alkanes of at least 4 members (excludes halogenated alkanes) is 10. The Balaban J connectivity index is 1.75. The monoisotopic (exact) mass is 558 g/mol. The predicted octanol–water partition coefficient (Wildman–Crippen LogP) is 11.1. The van der Waals surface area contributed by atoms with E-state index in [0.29, 0.717) is 0 Å². The molecule has 1 aliphatic carbocycles. The lowest BCUT2D eigenvalue weighted by atomic mass is 9.71. The summed E-state index contributed by atoms with van der Waals surface area (Å²) in [6, 6.07) is 4.91. The molecule has 0 saturated carbocycles. The second-order valence-electron chi connectivity index (χ2n) is 8.70. The van der Waals surface area contributed by atoms with E-state index in [0.717, 1.165) is 0 Å². The van der Waals surface area contributed by atoms with Crippen LogP contribution in [0.25, 0.3) is 9.75 Å². The van der Waals surface area contributed by atoms with E-state index in [-0.39, 0.29) is 5.41 Å².